The van der Waals surface area contributed by atoms with Crippen molar-refractivity contribution in [2.75, 3.05) is 13.1 Å². The van der Waals surface area contributed by atoms with Crippen molar-refractivity contribution in [1.82, 2.24) is 10.6 Å². The van der Waals surface area contributed by atoms with Gasteiger partial charge < -0.3 is 10.6 Å². The minimum absolute atomic E-state index is 0.0393. The first-order chi connectivity index (χ1) is 8.67. The Kier molecular flexibility index (Phi) is 7.33. The number of hydrogen-bond acceptors (Lipinski definition) is 2. The molecular weight excluding hydrogens is 224 g/mol. The number of unbranched alkanes of at least 4 members (excludes halogenated alkanes) is 1. The van der Waals surface area contributed by atoms with E-state index in [1.165, 1.54) is 25.7 Å². The maximum Gasteiger partial charge on any atom is 0.237 e. The standard InChI is InChI=1S/C15H30N2O/c1-4-6-7-13(5-2)11-17-15(18)14-10-12(3)8-9-16-14/h12-14,16H,4-11H2,1-3H3,(H,17,18). The Labute approximate surface area is 112 Å². The fourth-order valence-electron chi connectivity index (χ4n) is 2.62. The molecule has 0 aromatic heterocycles. The second-order valence-electron chi connectivity index (χ2n) is 5.80. The van der Waals surface area contributed by atoms with Gasteiger partial charge in [-0.05, 0) is 37.6 Å². The van der Waals surface area contributed by atoms with Crippen LogP contribution < -0.4 is 10.6 Å². The molecule has 3 heteroatoms. The van der Waals surface area contributed by atoms with Crippen LogP contribution in [0.15, 0.2) is 0 Å². The molecule has 18 heavy (non-hydrogen) atoms. The lowest BCUT2D eigenvalue weighted by molar-refractivity contribution is -0.124. The van der Waals surface area contributed by atoms with E-state index in [0.29, 0.717) is 11.8 Å². The summed E-state index contributed by atoms with van der Waals surface area (Å²) in [5.74, 6) is 1.52. The first-order valence-corrected chi connectivity index (χ1v) is 7.68. The molecule has 1 heterocycles. The third-order valence-corrected chi connectivity index (χ3v) is 4.09. The molecule has 3 nitrogen and oxygen atoms in total. The van der Waals surface area contributed by atoms with E-state index in [2.05, 4.69) is 31.4 Å². The van der Waals surface area contributed by atoms with Crippen LogP contribution in [0.2, 0.25) is 0 Å². The summed E-state index contributed by atoms with van der Waals surface area (Å²) in [5.41, 5.74) is 0. The first kappa shape index (κ1) is 15.5. The van der Waals surface area contributed by atoms with Gasteiger partial charge in [0.1, 0.15) is 0 Å². The molecule has 0 spiro atoms. The van der Waals surface area contributed by atoms with E-state index >= 15 is 0 Å². The van der Waals surface area contributed by atoms with Crippen molar-refractivity contribution in [3.63, 3.8) is 0 Å². The van der Waals surface area contributed by atoms with Gasteiger partial charge in [0.15, 0.2) is 0 Å². The Bertz CT molecular complexity index is 243. The van der Waals surface area contributed by atoms with Crippen LogP contribution in [0.5, 0.6) is 0 Å². The molecule has 0 bridgehead atoms. The van der Waals surface area contributed by atoms with Crippen LogP contribution in [0.4, 0.5) is 0 Å². The van der Waals surface area contributed by atoms with E-state index in [1.54, 1.807) is 0 Å². The van der Waals surface area contributed by atoms with E-state index in [9.17, 15) is 4.79 Å². The molecule has 0 aliphatic carbocycles. The zero-order chi connectivity index (χ0) is 13.4. The minimum atomic E-state index is 0.0393. The fourth-order valence-corrected chi connectivity index (χ4v) is 2.62. The number of carbonyl (C=O) groups excluding carboxylic acids is 1. The Morgan fingerprint density at radius 3 is 2.83 bits per heavy atom. The molecule has 1 aliphatic heterocycles. The Balaban J connectivity index is 2.26. The fraction of sp³-hybridized carbons (Fsp3) is 0.933. The predicted octanol–water partition coefficient (Wildman–Crippen LogP) is 2.71. The summed E-state index contributed by atoms with van der Waals surface area (Å²) in [7, 11) is 0. The smallest absolute Gasteiger partial charge is 0.237 e. The maximum atomic E-state index is 12.1. The molecule has 0 saturated carbocycles. The van der Waals surface area contributed by atoms with Crippen LogP contribution in [-0.4, -0.2) is 25.0 Å². The third kappa shape index (κ3) is 5.38. The van der Waals surface area contributed by atoms with Crippen molar-refractivity contribution in [3.05, 3.63) is 0 Å². The van der Waals surface area contributed by atoms with Gasteiger partial charge in [-0.15, -0.1) is 0 Å². The zero-order valence-corrected chi connectivity index (χ0v) is 12.3. The van der Waals surface area contributed by atoms with Crippen molar-refractivity contribution in [3.8, 4) is 0 Å². The monoisotopic (exact) mass is 254 g/mol. The number of nitrogens with one attached hydrogen (secondary N) is 2. The van der Waals surface area contributed by atoms with E-state index in [1.807, 2.05) is 0 Å². The number of rotatable bonds is 7. The van der Waals surface area contributed by atoms with Crippen LogP contribution >= 0.6 is 0 Å². The van der Waals surface area contributed by atoms with Crippen LogP contribution in [-0.2, 0) is 4.79 Å². The average Bonchev–Trinajstić information content (AvgIpc) is 2.38. The molecule has 1 amide bonds. The van der Waals surface area contributed by atoms with E-state index in [0.717, 1.165) is 25.9 Å². The number of amides is 1. The van der Waals surface area contributed by atoms with Gasteiger partial charge in [0.2, 0.25) is 5.91 Å². The molecule has 0 radical (unpaired) electrons. The molecule has 1 rings (SSSR count). The van der Waals surface area contributed by atoms with Gasteiger partial charge in [0.25, 0.3) is 0 Å². The second-order valence-corrected chi connectivity index (χ2v) is 5.80. The first-order valence-electron chi connectivity index (χ1n) is 7.68. The van der Waals surface area contributed by atoms with Crippen LogP contribution in [0, 0.1) is 11.8 Å². The van der Waals surface area contributed by atoms with Crippen molar-refractivity contribution >= 4 is 5.91 Å². The van der Waals surface area contributed by atoms with Gasteiger partial charge in [-0.3, -0.25) is 4.79 Å². The summed E-state index contributed by atoms with van der Waals surface area (Å²) >= 11 is 0. The second kappa shape index (κ2) is 8.52. The lowest BCUT2D eigenvalue weighted by Crippen LogP contribution is -2.49. The van der Waals surface area contributed by atoms with Crippen molar-refractivity contribution in [1.29, 1.82) is 0 Å². The summed E-state index contributed by atoms with van der Waals surface area (Å²) < 4.78 is 0. The van der Waals surface area contributed by atoms with Crippen LogP contribution in [0.25, 0.3) is 0 Å². The Hall–Kier alpha value is -0.570. The van der Waals surface area contributed by atoms with Crippen LogP contribution in [0.3, 0.4) is 0 Å². The van der Waals surface area contributed by atoms with Gasteiger partial charge in [0, 0.05) is 6.54 Å². The minimum Gasteiger partial charge on any atom is -0.354 e. The van der Waals surface area contributed by atoms with E-state index in [-0.39, 0.29) is 11.9 Å². The van der Waals surface area contributed by atoms with Crippen molar-refractivity contribution in [2.45, 2.75) is 65.3 Å². The number of carbonyl (C=O) groups is 1. The highest BCUT2D eigenvalue weighted by atomic mass is 16.2. The van der Waals surface area contributed by atoms with Gasteiger partial charge in [-0.25, -0.2) is 0 Å². The van der Waals surface area contributed by atoms with E-state index in [4.69, 9.17) is 0 Å². The molecule has 3 unspecified atom stereocenters. The lowest BCUT2D eigenvalue weighted by Gasteiger charge is -2.28. The summed E-state index contributed by atoms with van der Waals surface area (Å²) in [5, 5.41) is 6.45. The van der Waals surface area contributed by atoms with E-state index < -0.39 is 0 Å². The molecular formula is C15H30N2O. The zero-order valence-electron chi connectivity index (χ0n) is 12.3. The predicted molar refractivity (Wildman–Crippen MR) is 76.5 cm³/mol. The molecule has 0 aromatic rings. The lowest BCUT2D eigenvalue weighted by atomic mass is 9.93. The normalized spacial score (nSPS) is 25.7. The maximum absolute atomic E-state index is 12.1. The molecule has 3 atom stereocenters. The van der Waals surface area contributed by atoms with Gasteiger partial charge in [-0.2, -0.15) is 0 Å². The molecule has 1 fully saturated rings. The van der Waals surface area contributed by atoms with Crippen molar-refractivity contribution < 1.29 is 4.79 Å². The van der Waals surface area contributed by atoms with Gasteiger partial charge in [0.05, 0.1) is 6.04 Å². The Morgan fingerprint density at radius 2 is 2.22 bits per heavy atom. The summed E-state index contributed by atoms with van der Waals surface area (Å²) in [6.07, 6.45) is 7.09. The molecule has 106 valence electrons. The van der Waals surface area contributed by atoms with Crippen LogP contribution in [0.1, 0.15) is 59.3 Å². The highest BCUT2D eigenvalue weighted by Crippen LogP contribution is 2.15. The van der Waals surface area contributed by atoms with Crippen molar-refractivity contribution in [2.24, 2.45) is 11.8 Å². The molecule has 1 saturated heterocycles. The highest BCUT2D eigenvalue weighted by molar-refractivity contribution is 5.81. The molecule has 1 aliphatic rings. The topological polar surface area (TPSA) is 41.1 Å². The van der Waals surface area contributed by atoms with Gasteiger partial charge in [-0.1, -0.05) is 40.0 Å². The Morgan fingerprint density at radius 1 is 1.44 bits per heavy atom. The largest absolute Gasteiger partial charge is 0.354 e. The quantitative estimate of drug-likeness (QED) is 0.733. The average molecular weight is 254 g/mol. The molecule has 0 aromatic carbocycles. The SMILES string of the molecule is CCCCC(CC)CNC(=O)C1CC(C)CCN1. The molecule has 2 N–H and O–H groups in total. The highest BCUT2D eigenvalue weighted by Gasteiger charge is 2.24. The summed E-state index contributed by atoms with van der Waals surface area (Å²) in [4.78, 5) is 12.1. The van der Waals surface area contributed by atoms with Gasteiger partial charge >= 0.3 is 0 Å². The number of hydrogen-bond donors (Lipinski definition) is 2. The third-order valence-electron chi connectivity index (χ3n) is 4.09. The number of piperidine rings is 1. The summed E-state index contributed by atoms with van der Waals surface area (Å²) in [6, 6.07) is 0.0393. The summed E-state index contributed by atoms with van der Waals surface area (Å²) in [6.45, 7) is 8.50.